The highest BCUT2D eigenvalue weighted by Crippen LogP contribution is 2.46. The molecule has 1 amide bonds. The van der Waals surface area contributed by atoms with Crippen molar-refractivity contribution in [1.29, 1.82) is 0 Å². The van der Waals surface area contributed by atoms with E-state index in [0.29, 0.717) is 0 Å². The Bertz CT molecular complexity index is 1530. The van der Waals surface area contributed by atoms with Crippen LogP contribution in [0.3, 0.4) is 0 Å². The number of nitrogen functional groups attached to an aromatic ring is 1. The number of benzene rings is 1. The van der Waals surface area contributed by atoms with Gasteiger partial charge in [0.25, 0.3) is 5.91 Å². The van der Waals surface area contributed by atoms with Gasteiger partial charge in [0, 0.05) is 6.20 Å². The van der Waals surface area contributed by atoms with Crippen LogP contribution in [0.15, 0.2) is 36.5 Å². The fourth-order valence-corrected chi connectivity index (χ4v) is 6.12. The Kier molecular flexibility index (Phi) is 10.5. The van der Waals surface area contributed by atoms with Gasteiger partial charge in [0.2, 0.25) is 0 Å². The van der Waals surface area contributed by atoms with Crippen molar-refractivity contribution in [2.24, 2.45) is 11.7 Å². The van der Waals surface area contributed by atoms with E-state index in [2.05, 4.69) is 15.1 Å². The van der Waals surface area contributed by atoms with Crippen LogP contribution < -0.4 is 21.1 Å². The molecule has 0 radical (unpaired) electrons. The van der Waals surface area contributed by atoms with E-state index < -0.39 is 68.8 Å². The number of aliphatic hydroxyl groups is 1. The number of aromatic nitrogens is 3. The van der Waals surface area contributed by atoms with E-state index in [1.807, 2.05) is 13.8 Å². The van der Waals surface area contributed by atoms with E-state index >= 15 is 4.39 Å². The lowest BCUT2D eigenvalue weighted by Crippen LogP contribution is -2.37. The number of nitrogens with two attached hydrogens (primary N) is 2. The number of fused-ring (bicyclic) bond motifs is 1. The minimum Gasteiger partial charge on any atom is -0.464 e. The number of hydrogen-bond donors (Lipinski definition) is 4. The lowest BCUT2D eigenvalue weighted by Gasteiger charge is -2.25. The molecule has 3 unspecified atom stereocenters. The predicted molar refractivity (Wildman–Crippen MR) is 153 cm³/mol. The van der Waals surface area contributed by atoms with Crippen molar-refractivity contribution < 1.29 is 46.6 Å². The zero-order valence-corrected chi connectivity index (χ0v) is 25.2. The summed E-state index contributed by atoms with van der Waals surface area (Å²) in [7, 11) is -4.38. The molecular weight excluding hydrogens is 605 g/mol. The number of primary amides is 1. The Morgan fingerprint density at radius 1 is 1.23 bits per heavy atom. The zero-order chi connectivity index (χ0) is 32.2. The Balaban J connectivity index is 1.53. The second-order valence-electron chi connectivity index (χ2n) is 10.3. The monoisotopic (exact) mass is 640 g/mol. The van der Waals surface area contributed by atoms with Gasteiger partial charge in [0.05, 0.1) is 24.2 Å². The molecule has 0 saturated carbocycles. The molecule has 2 aromatic heterocycles. The number of rotatable bonds is 14. The molecule has 240 valence electrons. The molecule has 4 rings (SSSR count). The Morgan fingerprint density at radius 2 is 1.91 bits per heavy atom. The first kappa shape index (κ1) is 33.2. The third kappa shape index (κ3) is 7.33. The normalized spacial score (nSPS) is 22.2. The summed E-state index contributed by atoms with van der Waals surface area (Å²) < 4.78 is 66.4. The summed E-state index contributed by atoms with van der Waals surface area (Å²) in [5.74, 6) is -1.79. The number of nitrogens with one attached hydrogen (secondary N) is 1. The van der Waals surface area contributed by atoms with E-state index in [1.165, 1.54) is 19.1 Å². The molecule has 6 N–H and O–H groups in total. The van der Waals surface area contributed by atoms with Crippen molar-refractivity contribution in [1.82, 2.24) is 19.6 Å². The molecular formula is C27H35F2N6O8P. The van der Waals surface area contributed by atoms with Crippen LogP contribution in [-0.4, -0.2) is 69.2 Å². The summed E-state index contributed by atoms with van der Waals surface area (Å²) in [4.78, 5) is 31.7. The lowest BCUT2D eigenvalue weighted by atomic mass is 10.1. The number of amides is 1. The van der Waals surface area contributed by atoms with Crippen molar-refractivity contribution in [2.75, 3.05) is 18.9 Å². The van der Waals surface area contributed by atoms with Crippen LogP contribution in [0.2, 0.25) is 0 Å². The molecule has 1 aliphatic heterocycles. The lowest BCUT2D eigenvalue weighted by molar-refractivity contribution is -0.146. The zero-order valence-electron chi connectivity index (χ0n) is 24.3. The van der Waals surface area contributed by atoms with Crippen molar-refractivity contribution >= 4 is 36.5 Å². The topological polar surface area (TPSA) is 203 Å². The molecule has 14 nitrogen and oxygen atoms in total. The van der Waals surface area contributed by atoms with Crippen LogP contribution in [0, 0.1) is 12.0 Å². The highest BCUT2D eigenvalue weighted by molar-refractivity contribution is 7.52. The summed E-state index contributed by atoms with van der Waals surface area (Å²) in [5, 5.41) is 13.1. The number of hydrogen-bond acceptors (Lipinski definition) is 11. The molecule has 0 aliphatic carbocycles. The maximum Gasteiger partial charge on any atom is 0.459 e. The van der Waals surface area contributed by atoms with E-state index in [0.717, 1.165) is 23.6 Å². The molecule has 1 fully saturated rings. The van der Waals surface area contributed by atoms with E-state index in [-0.39, 0.29) is 34.9 Å². The SMILES string of the molecule is CCC(CC)COC(=O)[C@H](C)NP(=O)(OC[C@H]1O[C@@H](n2cc(C(N)=O)c3c(N)nc(F)nc32)C(F)C1O)Oc1ccccc1. The van der Waals surface area contributed by atoms with E-state index in [9.17, 15) is 23.7 Å². The van der Waals surface area contributed by atoms with Gasteiger partial charge in [-0.25, -0.2) is 8.96 Å². The molecule has 1 aliphatic rings. The van der Waals surface area contributed by atoms with Gasteiger partial charge in [-0.05, 0) is 25.0 Å². The predicted octanol–water partition coefficient (Wildman–Crippen LogP) is 3.01. The van der Waals surface area contributed by atoms with Crippen LogP contribution in [0.5, 0.6) is 5.75 Å². The van der Waals surface area contributed by atoms with Crippen molar-refractivity contribution in [3.05, 3.63) is 48.2 Å². The number of halogens is 2. The number of para-hydroxylation sites is 1. The first-order valence-corrected chi connectivity index (χ1v) is 15.5. The van der Waals surface area contributed by atoms with Crippen LogP contribution >= 0.6 is 7.75 Å². The first-order valence-electron chi connectivity index (χ1n) is 13.9. The van der Waals surface area contributed by atoms with Crippen molar-refractivity contribution in [3.8, 4) is 5.75 Å². The molecule has 6 atom stereocenters. The van der Waals surface area contributed by atoms with Crippen LogP contribution in [0.25, 0.3) is 11.0 Å². The minimum atomic E-state index is -4.38. The molecule has 17 heteroatoms. The van der Waals surface area contributed by atoms with Gasteiger partial charge < -0.3 is 35.1 Å². The fourth-order valence-electron chi connectivity index (χ4n) is 4.62. The molecule has 3 aromatic rings. The van der Waals surface area contributed by atoms with Crippen molar-refractivity contribution in [2.45, 2.75) is 64.3 Å². The quantitative estimate of drug-likeness (QED) is 0.114. The fraction of sp³-hybridized carbons (Fsp3) is 0.481. The first-order chi connectivity index (χ1) is 20.9. The van der Waals surface area contributed by atoms with Gasteiger partial charge in [-0.1, -0.05) is 44.9 Å². The van der Waals surface area contributed by atoms with Gasteiger partial charge in [-0.2, -0.15) is 19.4 Å². The number of esters is 1. The van der Waals surface area contributed by atoms with Gasteiger partial charge in [-0.15, -0.1) is 0 Å². The summed E-state index contributed by atoms with van der Waals surface area (Å²) in [6.45, 7) is 4.85. The number of aliphatic hydroxyl groups excluding tert-OH is 1. The van der Waals surface area contributed by atoms with E-state index in [4.69, 9.17) is 30.0 Å². The second-order valence-corrected chi connectivity index (χ2v) is 11.9. The standard InChI is InChI=1S/C27H35F2N6O8P/c1-4-15(5-2)12-40-26(38)14(3)34-44(39,43-16-9-7-6-8-10-16)41-13-18-21(36)20(28)25(42-18)35-11-17(23(31)37)19-22(30)32-27(29)33-24(19)35/h6-11,14-15,18,20-21,25,36H,4-5,12-13H2,1-3H3,(H2,31,37)(H,34,39)(H2,30,32,33)/t14-,18+,20?,21?,25+,44?/m0/s1. The third-order valence-electron chi connectivity index (χ3n) is 7.21. The van der Waals surface area contributed by atoms with Gasteiger partial charge >= 0.3 is 19.8 Å². The number of anilines is 1. The maximum atomic E-state index is 15.4. The summed E-state index contributed by atoms with van der Waals surface area (Å²) in [5.41, 5.74) is 10.6. The number of ether oxygens (including phenoxy) is 2. The van der Waals surface area contributed by atoms with Gasteiger partial charge in [0.15, 0.2) is 18.0 Å². The number of alkyl halides is 1. The summed E-state index contributed by atoms with van der Waals surface area (Å²) in [6.07, 6.45) is -5.66. The molecule has 44 heavy (non-hydrogen) atoms. The minimum absolute atomic E-state index is 0.126. The van der Waals surface area contributed by atoms with Crippen LogP contribution in [0.4, 0.5) is 14.6 Å². The van der Waals surface area contributed by atoms with Gasteiger partial charge in [-0.3, -0.25) is 14.1 Å². The smallest absolute Gasteiger partial charge is 0.459 e. The maximum absolute atomic E-state index is 15.4. The van der Waals surface area contributed by atoms with Crippen LogP contribution in [-0.2, 0) is 23.4 Å². The Morgan fingerprint density at radius 3 is 2.55 bits per heavy atom. The number of nitrogens with zero attached hydrogens (tertiary/aromatic N) is 3. The average Bonchev–Trinajstić information content (AvgIpc) is 3.50. The Hall–Kier alpha value is -3.69. The Labute approximate surface area is 251 Å². The third-order valence-corrected chi connectivity index (χ3v) is 8.85. The second kappa shape index (κ2) is 13.9. The number of carbonyl (C=O) groups excluding carboxylic acids is 2. The van der Waals surface area contributed by atoms with Crippen molar-refractivity contribution in [3.63, 3.8) is 0 Å². The highest BCUT2D eigenvalue weighted by Gasteiger charge is 2.47. The number of carbonyl (C=O) groups is 2. The van der Waals surface area contributed by atoms with Gasteiger partial charge in [0.1, 0.15) is 29.8 Å². The van der Waals surface area contributed by atoms with E-state index in [1.54, 1.807) is 18.2 Å². The molecule has 3 heterocycles. The average molecular weight is 641 g/mol. The molecule has 0 bridgehead atoms. The molecule has 1 aromatic carbocycles. The summed E-state index contributed by atoms with van der Waals surface area (Å²) >= 11 is 0. The highest BCUT2D eigenvalue weighted by atomic mass is 31.2. The van der Waals surface area contributed by atoms with Crippen LogP contribution in [0.1, 0.15) is 50.2 Å². The largest absolute Gasteiger partial charge is 0.464 e. The molecule has 1 saturated heterocycles. The molecule has 0 spiro atoms. The summed E-state index contributed by atoms with van der Waals surface area (Å²) in [6, 6.07) is 6.80.